The predicted octanol–water partition coefficient (Wildman–Crippen LogP) is 11.6. The van der Waals surface area contributed by atoms with Crippen LogP contribution in [-0.4, -0.2) is 9.13 Å². The Morgan fingerprint density at radius 2 is 1.37 bits per heavy atom. The van der Waals surface area contributed by atoms with Crippen molar-refractivity contribution in [2.75, 3.05) is 0 Å². The highest BCUT2D eigenvalue weighted by Crippen LogP contribution is 2.39. The first-order valence-corrected chi connectivity index (χ1v) is 17.1. The van der Waals surface area contributed by atoms with Crippen molar-refractivity contribution in [3.63, 3.8) is 0 Å². The summed E-state index contributed by atoms with van der Waals surface area (Å²) in [5.74, 6) is 0. The number of benzene rings is 5. The summed E-state index contributed by atoms with van der Waals surface area (Å²) < 4.78 is 4.37. The van der Waals surface area contributed by atoms with Crippen LogP contribution in [0.2, 0.25) is 0 Å². The second-order valence-electron chi connectivity index (χ2n) is 12.6. The SMILES string of the molecule is C=Cc1c(/C=C\C)n(-c2ccc(C#N)cc2-c2ccc(-c3cccc(-n4c5c(c6ccccc64)C=CCC=C5)c3C#N)cc2)c2ccc(C#N)cc12. The molecule has 0 saturated heterocycles. The Labute approximate surface area is 302 Å². The molecule has 0 amide bonds. The van der Waals surface area contributed by atoms with Crippen molar-refractivity contribution in [3.8, 4) is 51.8 Å². The van der Waals surface area contributed by atoms with Gasteiger partial charge in [0.1, 0.15) is 6.07 Å². The van der Waals surface area contributed by atoms with E-state index >= 15 is 0 Å². The quantitative estimate of drug-likeness (QED) is 0.177. The molecule has 5 nitrogen and oxygen atoms in total. The largest absolute Gasteiger partial charge is 0.309 e. The lowest BCUT2D eigenvalue weighted by Crippen LogP contribution is -2.02. The first-order chi connectivity index (χ1) is 25.6. The third kappa shape index (κ3) is 5.07. The van der Waals surface area contributed by atoms with Gasteiger partial charge in [-0.15, -0.1) is 0 Å². The van der Waals surface area contributed by atoms with E-state index in [-0.39, 0.29) is 0 Å². The smallest absolute Gasteiger partial charge is 0.102 e. The molecule has 8 rings (SSSR count). The molecule has 0 saturated carbocycles. The third-order valence-corrected chi connectivity index (χ3v) is 9.76. The average Bonchev–Trinajstić information content (AvgIpc) is 3.55. The lowest BCUT2D eigenvalue weighted by atomic mass is 9.95. The Hall–Kier alpha value is -7.39. The maximum atomic E-state index is 10.7. The molecule has 1 aliphatic carbocycles. The molecular formula is C47H31N5. The van der Waals surface area contributed by atoms with Gasteiger partial charge in [0.15, 0.2) is 0 Å². The van der Waals surface area contributed by atoms with Crippen LogP contribution in [-0.2, 0) is 0 Å². The molecule has 52 heavy (non-hydrogen) atoms. The minimum Gasteiger partial charge on any atom is -0.309 e. The summed E-state index contributed by atoms with van der Waals surface area (Å²) in [6.45, 7) is 6.08. The van der Waals surface area contributed by atoms with Gasteiger partial charge >= 0.3 is 0 Å². The van der Waals surface area contributed by atoms with Gasteiger partial charge < -0.3 is 9.13 Å². The Morgan fingerprint density at radius 1 is 0.654 bits per heavy atom. The Balaban J connectivity index is 1.29. The summed E-state index contributed by atoms with van der Waals surface area (Å²) in [7, 11) is 0. The summed E-state index contributed by atoms with van der Waals surface area (Å²) in [6, 6.07) is 41.1. The predicted molar refractivity (Wildman–Crippen MR) is 213 cm³/mol. The van der Waals surface area contributed by atoms with E-state index in [0.717, 1.165) is 84.4 Å². The Bertz CT molecular complexity index is 2810. The lowest BCUT2D eigenvalue weighted by Gasteiger charge is -2.17. The van der Waals surface area contributed by atoms with E-state index in [2.05, 4.69) is 88.6 Å². The summed E-state index contributed by atoms with van der Waals surface area (Å²) >= 11 is 0. The summed E-state index contributed by atoms with van der Waals surface area (Å²) in [4.78, 5) is 0. The van der Waals surface area contributed by atoms with Gasteiger partial charge in [0.2, 0.25) is 0 Å². The fourth-order valence-corrected chi connectivity index (χ4v) is 7.47. The van der Waals surface area contributed by atoms with Crippen molar-refractivity contribution >= 4 is 46.1 Å². The molecule has 1 aliphatic rings. The van der Waals surface area contributed by atoms with Crippen LogP contribution in [0.5, 0.6) is 0 Å². The fourth-order valence-electron chi connectivity index (χ4n) is 7.47. The number of allylic oxidation sites excluding steroid dienone is 3. The monoisotopic (exact) mass is 665 g/mol. The first kappa shape index (κ1) is 31.9. The van der Waals surface area contributed by atoms with Crippen molar-refractivity contribution < 1.29 is 0 Å². The van der Waals surface area contributed by atoms with Crippen LogP contribution in [0, 0.1) is 34.0 Å². The number of hydrogen-bond acceptors (Lipinski definition) is 3. The number of fused-ring (bicyclic) bond motifs is 4. The molecule has 0 aliphatic heterocycles. The maximum absolute atomic E-state index is 10.7. The molecule has 2 heterocycles. The Morgan fingerprint density at radius 3 is 2.12 bits per heavy atom. The summed E-state index contributed by atoms with van der Waals surface area (Å²) in [5.41, 5.74) is 13.0. The Kier molecular flexibility index (Phi) is 8.05. The molecule has 7 aromatic rings. The van der Waals surface area contributed by atoms with E-state index in [0.29, 0.717) is 16.7 Å². The second kappa shape index (κ2) is 13.1. The zero-order valence-electron chi connectivity index (χ0n) is 28.5. The summed E-state index contributed by atoms with van der Waals surface area (Å²) in [5, 5.41) is 32.4. The molecule has 5 heteroatoms. The van der Waals surface area contributed by atoms with Crippen LogP contribution in [0.15, 0.2) is 128 Å². The van der Waals surface area contributed by atoms with Gasteiger partial charge in [-0.2, -0.15) is 15.8 Å². The highest BCUT2D eigenvalue weighted by atomic mass is 15.0. The van der Waals surface area contributed by atoms with Crippen molar-refractivity contribution in [2.45, 2.75) is 13.3 Å². The van der Waals surface area contributed by atoms with Gasteiger partial charge in [-0.05, 0) is 85.2 Å². The molecule has 2 aromatic heterocycles. The van der Waals surface area contributed by atoms with Crippen LogP contribution >= 0.6 is 0 Å². The standard InChI is InChI=1S/C47H31N5/c1-3-11-42-35(4-2)40-27-32(29-49)19-25-47(40)51(42)46-24-18-31(28-48)26-39(46)34-22-20-33(21-23-34)36-14-10-17-45(41(36)30-50)52-43-15-7-5-6-12-37(43)38-13-8-9-16-44(38)52/h3-4,6-27H,2,5H2,1H3/b11-3-. The summed E-state index contributed by atoms with van der Waals surface area (Å²) in [6.07, 6.45) is 15.4. The van der Waals surface area contributed by atoms with Gasteiger partial charge in [0.05, 0.1) is 62.6 Å². The minimum absolute atomic E-state index is 0.545. The molecule has 0 unspecified atom stereocenters. The van der Waals surface area contributed by atoms with E-state index in [4.69, 9.17) is 0 Å². The second-order valence-corrected chi connectivity index (χ2v) is 12.6. The molecule has 0 N–H and O–H groups in total. The van der Waals surface area contributed by atoms with Crippen molar-refractivity contribution in [2.24, 2.45) is 0 Å². The van der Waals surface area contributed by atoms with E-state index in [1.807, 2.05) is 97.9 Å². The molecule has 5 aromatic carbocycles. The minimum atomic E-state index is 0.545. The van der Waals surface area contributed by atoms with Gasteiger partial charge in [-0.3, -0.25) is 0 Å². The van der Waals surface area contributed by atoms with Crippen LogP contribution < -0.4 is 0 Å². The van der Waals surface area contributed by atoms with Crippen LogP contribution in [0.1, 0.15) is 52.5 Å². The van der Waals surface area contributed by atoms with Crippen LogP contribution in [0.25, 0.3) is 79.7 Å². The molecule has 0 radical (unpaired) electrons. The number of para-hydroxylation sites is 1. The number of nitrogens with zero attached hydrogens (tertiary/aromatic N) is 5. The zero-order chi connectivity index (χ0) is 35.8. The van der Waals surface area contributed by atoms with Crippen molar-refractivity contribution in [1.82, 2.24) is 9.13 Å². The van der Waals surface area contributed by atoms with Crippen LogP contribution in [0.4, 0.5) is 0 Å². The normalized spacial score (nSPS) is 12.0. The van der Waals surface area contributed by atoms with Crippen molar-refractivity contribution in [1.29, 1.82) is 15.8 Å². The highest BCUT2D eigenvalue weighted by molar-refractivity contribution is 5.98. The lowest BCUT2D eigenvalue weighted by molar-refractivity contribution is 1.10. The zero-order valence-corrected chi connectivity index (χ0v) is 28.5. The molecule has 0 bridgehead atoms. The fraction of sp³-hybridized carbons (Fsp3) is 0.0426. The first-order valence-electron chi connectivity index (χ1n) is 17.1. The molecule has 0 fully saturated rings. The van der Waals surface area contributed by atoms with Crippen molar-refractivity contribution in [3.05, 3.63) is 167 Å². The average molecular weight is 666 g/mol. The number of rotatable bonds is 6. The third-order valence-electron chi connectivity index (χ3n) is 9.76. The van der Waals surface area contributed by atoms with Gasteiger partial charge in [0, 0.05) is 33.0 Å². The maximum Gasteiger partial charge on any atom is 0.102 e. The van der Waals surface area contributed by atoms with E-state index < -0.39 is 0 Å². The van der Waals surface area contributed by atoms with Crippen LogP contribution in [0.3, 0.4) is 0 Å². The molecule has 0 spiro atoms. The number of nitriles is 3. The van der Waals surface area contributed by atoms with Gasteiger partial charge in [-0.25, -0.2) is 0 Å². The van der Waals surface area contributed by atoms with E-state index in [9.17, 15) is 15.8 Å². The van der Waals surface area contributed by atoms with Gasteiger partial charge in [-0.1, -0.05) is 91.6 Å². The molecular weight excluding hydrogens is 635 g/mol. The van der Waals surface area contributed by atoms with Gasteiger partial charge in [0.25, 0.3) is 0 Å². The van der Waals surface area contributed by atoms with E-state index in [1.165, 1.54) is 0 Å². The number of hydrogen-bond donors (Lipinski definition) is 0. The number of aromatic nitrogens is 2. The molecule has 0 atom stereocenters. The highest BCUT2D eigenvalue weighted by Gasteiger charge is 2.21. The molecule has 244 valence electrons. The van der Waals surface area contributed by atoms with E-state index in [1.54, 1.807) is 0 Å². The topological polar surface area (TPSA) is 81.2 Å².